The molecule has 1 aliphatic rings. The van der Waals surface area contributed by atoms with E-state index in [1.165, 1.54) is 0 Å². The van der Waals surface area contributed by atoms with Gasteiger partial charge in [-0.15, -0.1) is 0 Å². The number of aliphatic hydroxyl groups is 1. The van der Waals surface area contributed by atoms with Gasteiger partial charge in [0, 0.05) is 43.4 Å². The second-order valence-electron chi connectivity index (χ2n) is 10.1. The first-order chi connectivity index (χ1) is 18.8. The summed E-state index contributed by atoms with van der Waals surface area (Å²) >= 11 is 0. The summed E-state index contributed by atoms with van der Waals surface area (Å²) in [7, 11) is 3.30. The Labute approximate surface area is 230 Å². The molecule has 3 amide bonds. The van der Waals surface area contributed by atoms with Crippen LogP contribution in [0.5, 0.6) is 5.75 Å². The Morgan fingerprint density at radius 2 is 1.79 bits per heavy atom. The minimum absolute atomic E-state index is 0.132. The number of carbonyl (C=O) groups is 2. The second kappa shape index (κ2) is 12.8. The second-order valence-corrected chi connectivity index (χ2v) is 10.1. The largest absolute Gasteiger partial charge is 0.497 e. The fraction of sp³-hybridized carbons (Fsp3) is 0.355. The maximum absolute atomic E-state index is 13.9. The number of hydrogen-bond acceptors (Lipinski definition) is 5. The quantitative estimate of drug-likeness (QED) is 0.473. The summed E-state index contributed by atoms with van der Waals surface area (Å²) in [6, 6.07) is 22.0. The van der Waals surface area contributed by atoms with Gasteiger partial charge in [0.05, 0.1) is 32.5 Å². The van der Waals surface area contributed by atoms with Crippen LogP contribution in [-0.2, 0) is 11.3 Å². The number of nitrogens with zero attached hydrogens (tertiary/aromatic N) is 2. The summed E-state index contributed by atoms with van der Waals surface area (Å²) in [4.78, 5) is 30.3. The van der Waals surface area contributed by atoms with E-state index in [1.807, 2.05) is 74.5 Å². The zero-order valence-corrected chi connectivity index (χ0v) is 23.0. The van der Waals surface area contributed by atoms with Crippen LogP contribution < -0.4 is 10.1 Å². The lowest BCUT2D eigenvalue weighted by Gasteiger charge is -2.35. The van der Waals surface area contributed by atoms with Crippen molar-refractivity contribution in [3.05, 3.63) is 83.9 Å². The van der Waals surface area contributed by atoms with Crippen LogP contribution in [-0.4, -0.2) is 72.8 Å². The van der Waals surface area contributed by atoms with Crippen molar-refractivity contribution in [1.82, 2.24) is 9.80 Å². The SMILES string of the molecule is COc1cccc(NC(=O)N(C)C[C@H]2OCc3ccccc3-c3ccccc3C(=O)N([C@H](C)CO)C[C@@H]2C)c1. The summed E-state index contributed by atoms with van der Waals surface area (Å²) in [6.45, 7) is 4.69. The third-order valence-electron chi connectivity index (χ3n) is 7.22. The minimum Gasteiger partial charge on any atom is -0.497 e. The molecule has 8 heteroatoms. The first kappa shape index (κ1) is 28.1. The molecule has 0 spiro atoms. The van der Waals surface area contributed by atoms with E-state index in [4.69, 9.17) is 9.47 Å². The van der Waals surface area contributed by atoms with Gasteiger partial charge in [-0.05, 0) is 41.8 Å². The molecule has 0 bridgehead atoms. The number of likely N-dealkylation sites (N-methyl/N-ethyl adjacent to an activating group) is 1. The van der Waals surface area contributed by atoms with Crippen LogP contribution in [0.2, 0.25) is 0 Å². The molecule has 0 aliphatic carbocycles. The van der Waals surface area contributed by atoms with Gasteiger partial charge < -0.3 is 29.7 Å². The van der Waals surface area contributed by atoms with Crippen molar-refractivity contribution in [2.24, 2.45) is 5.92 Å². The van der Waals surface area contributed by atoms with Gasteiger partial charge in [0.15, 0.2) is 0 Å². The van der Waals surface area contributed by atoms with Gasteiger partial charge in [-0.3, -0.25) is 4.79 Å². The van der Waals surface area contributed by atoms with Gasteiger partial charge in [0.1, 0.15) is 5.75 Å². The molecule has 0 radical (unpaired) electrons. The van der Waals surface area contributed by atoms with E-state index in [9.17, 15) is 14.7 Å². The molecule has 3 aromatic rings. The number of fused-ring (bicyclic) bond motifs is 3. The highest BCUT2D eigenvalue weighted by molar-refractivity contribution is 6.01. The molecule has 1 heterocycles. The van der Waals surface area contributed by atoms with Crippen molar-refractivity contribution in [1.29, 1.82) is 0 Å². The molecule has 206 valence electrons. The predicted octanol–water partition coefficient (Wildman–Crippen LogP) is 4.88. The van der Waals surface area contributed by atoms with Crippen LogP contribution in [0.4, 0.5) is 10.5 Å². The first-order valence-corrected chi connectivity index (χ1v) is 13.2. The topological polar surface area (TPSA) is 91.3 Å². The molecule has 1 aliphatic heterocycles. The fourth-order valence-electron chi connectivity index (χ4n) is 4.82. The number of urea groups is 1. The van der Waals surface area contributed by atoms with Gasteiger partial charge in [-0.25, -0.2) is 4.79 Å². The highest BCUT2D eigenvalue weighted by Crippen LogP contribution is 2.31. The van der Waals surface area contributed by atoms with E-state index < -0.39 is 6.04 Å². The summed E-state index contributed by atoms with van der Waals surface area (Å²) in [5, 5.41) is 12.9. The number of nitrogens with one attached hydrogen (secondary N) is 1. The zero-order valence-electron chi connectivity index (χ0n) is 23.0. The summed E-state index contributed by atoms with van der Waals surface area (Å²) in [5.41, 5.74) is 3.93. The Bertz CT molecular complexity index is 1300. The summed E-state index contributed by atoms with van der Waals surface area (Å²) in [5.74, 6) is 0.379. The number of amides is 3. The maximum atomic E-state index is 13.9. The average molecular weight is 532 g/mol. The fourth-order valence-corrected chi connectivity index (χ4v) is 4.82. The van der Waals surface area contributed by atoms with Gasteiger partial charge in [0.2, 0.25) is 0 Å². The third kappa shape index (κ3) is 6.58. The normalized spacial score (nSPS) is 18.3. The average Bonchev–Trinajstić information content (AvgIpc) is 2.98. The molecule has 2 N–H and O–H groups in total. The van der Waals surface area contributed by atoms with E-state index in [2.05, 4.69) is 5.32 Å². The van der Waals surface area contributed by atoms with E-state index in [0.717, 1.165) is 16.7 Å². The monoisotopic (exact) mass is 531 g/mol. The van der Waals surface area contributed by atoms with Gasteiger partial charge in [-0.2, -0.15) is 0 Å². The van der Waals surface area contributed by atoms with E-state index in [0.29, 0.717) is 36.7 Å². The van der Waals surface area contributed by atoms with Gasteiger partial charge in [-0.1, -0.05) is 55.5 Å². The van der Waals surface area contributed by atoms with Gasteiger partial charge >= 0.3 is 6.03 Å². The molecular weight excluding hydrogens is 494 g/mol. The van der Waals surface area contributed by atoms with Crippen LogP contribution in [0, 0.1) is 5.92 Å². The summed E-state index contributed by atoms with van der Waals surface area (Å²) < 4.78 is 11.7. The lowest BCUT2D eigenvalue weighted by Crippen LogP contribution is -2.48. The Kier molecular flexibility index (Phi) is 9.22. The highest BCUT2D eigenvalue weighted by atomic mass is 16.5. The van der Waals surface area contributed by atoms with E-state index >= 15 is 0 Å². The number of anilines is 1. The number of rotatable bonds is 6. The number of benzene rings is 3. The van der Waals surface area contributed by atoms with Crippen LogP contribution in [0.15, 0.2) is 72.8 Å². The molecule has 39 heavy (non-hydrogen) atoms. The van der Waals surface area contributed by atoms with Crippen molar-refractivity contribution in [3.8, 4) is 16.9 Å². The van der Waals surface area contributed by atoms with Crippen LogP contribution in [0.25, 0.3) is 11.1 Å². The minimum atomic E-state index is -0.390. The van der Waals surface area contributed by atoms with Crippen molar-refractivity contribution in [2.45, 2.75) is 32.6 Å². The number of carbonyl (C=O) groups excluding carboxylic acids is 2. The van der Waals surface area contributed by atoms with Crippen molar-refractivity contribution in [3.63, 3.8) is 0 Å². The smallest absolute Gasteiger partial charge is 0.321 e. The number of methoxy groups -OCH3 is 1. The van der Waals surface area contributed by atoms with Crippen molar-refractivity contribution in [2.75, 3.05) is 39.2 Å². The number of aliphatic hydroxyl groups excluding tert-OH is 1. The molecule has 3 aromatic carbocycles. The van der Waals surface area contributed by atoms with Crippen molar-refractivity contribution < 1.29 is 24.2 Å². The maximum Gasteiger partial charge on any atom is 0.321 e. The van der Waals surface area contributed by atoms with Crippen LogP contribution >= 0.6 is 0 Å². The standard InChI is InChI=1S/C31H37N3O5/c1-21-17-34(22(2)19-35)30(36)28-15-8-7-14-27(28)26-13-6-5-10-23(26)20-39-29(21)18-33(3)31(37)32-24-11-9-12-25(16-24)38-4/h5-16,21-22,29,35H,17-20H2,1-4H3,(H,32,37)/t21-,22+,29+/m0/s1. The molecular formula is C31H37N3O5. The van der Waals surface area contributed by atoms with Crippen LogP contribution in [0.3, 0.4) is 0 Å². The molecule has 0 saturated heterocycles. The summed E-state index contributed by atoms with van der Waals surface area (Å²) in [6.07, 6.45) is -0.374. The molecule has 0 saturated carbocycles. The lowest BCUT2D eigenvalue weighted by molar-refractivity contribution is -0.0178. The molecule has 4 rings (SSSR count). The Morgan fingerprint density at radius 1 is 1.10 bits per heavy atom. The Balaban J connectivity index is 1.63. The van der Waals surface area contributed by atoms with Gasteiger partial charge in [0.25, 0.3) is 5.91 Å². The molecule has 8 nitrogen and oxygen atoms in total. The number of hydrogen-bond donors (Lipinski definition) is 2. The molecule has 0 fully saturated rings. The van der Waals surface area contributed by atoms with E-state index in [1.54, 1.807) is 36.1 Å². The zero-order chi connectivity index (χ0) is 27.9. The predicted molar refractivity (Wildman–Crippen MR) is 152 cm³/mol. The lowest BCUT2D eigenvalue weighted by atomic mass is 9.94. The highest BCUT2D eigenvalue weighted by Gasteiger charge is 2.31. The van der Waals surface area contributed by atoms with E-state index in [-0.39, 0.29) is 30.6 Å². The van der Waals surface area contributed by atoms with Crippen molar-refractivity contribution >= 4 is 17.6 Å². The molecule has 0 aromatic heterocycles. The Morgan fingerprint density at radius 3 is 2.51 bits per heavy atom. The molecule has 3 atom stereocenters. The third-order valence-corrected chi connectivity index (χ3v) is 7.22. The first-order valence-electron chi connectivity index (χ1n) is 13.2. The molecule has 0 unspecified atom stereocenters. The van der Waals surface area contributed by atoms with Crippen LogP contribution in [0.1, 0.15) is 29.8 Å². The Hall–Kier alpha value is -3.88. The number of ether oxygens (including phenoxy) is 2.